The Morgan fingerprint density at radius 1 is 1.28 bits per heavy atom. The number of nitrogens with one attached hydrogen (secondary N) is 1. The summed E-state index contributed by atoms with van der Waals surface area (Å²) in [6.07, 6.45) is 7.80. The van der Waals surface area contributed by atoms with Crippen molar-refractivity contribution in [3.63, 3.8) is 0 Å². The largest absolute Gasteiger partial charge is 0.396 e. The predicted octanol–water partition coefficient (Wildman–Crippen LogP) is 1.61. The van der Waals surface area contributed by atoms with Crippen molar-refractivity contribution in [1.29, 1.82) is 0 Å². The summed E-state index contributed by atoms with van der Waals surface area (Å²) < 4.78 is 0. The second kappa shape index (κ2) is 6.50. The molecule has 0 spiro atoms. The molecule has 1 aliphatic rings. The van der Waals surface area contributed by atoms with Gasteiger partial charge in [-0.15, -0.1) is 0 Å². The van der Waals surface area contributed by atoms with E-state index in [1.165, 1.54) is 12.8 Å². The first kappa shape index (κ1) is 13.0. The van der Waals surface area contributed by atoms with Crippen LogP contribution in [0.5, 0.6) is 0 Å². The molecule has 2 rings (SSSR count). The molecule has 2 N–H and O–H groups in total. The lowest BCUT2D eigenvalue weighted by atomic mass is 9.79. The van der Waals surface area contributed by atoms with Gasteiger partial charge >= 0.3 is 0 Å². The normalized spacial score (nSPS) is 23.6. The molecule has 1 aromatic rings. The lowest BCUT2D eigenvalue weighted by Gasteiger charge is -2.30. The zero-order valence-corrected chi connectivity index (χ0v) is 10.5. The Balaban J connectivity index is 1.85. The van der Waals surface area contributed by atoms with Crippen molar-refractivity contribution in [3.8, 4) is 0 Å². The van der Waals surface area contributed by atoms with Gasteiger partial charge in [0.05, 0.1) is 0 Å². The highest BCUT2D eigenvalue weighted by molar-refractivity contribution is 5.93. The van der Waals surface area contributed by atoms with Crippen molar-refractivity contribution < 1.29 is 9.90 Å². The molecule has 18 heavy (non-hydrogen) atoms. The Morgan fingerprint density at radius 3 is 2.61 bits per heavy atom. The van der Waals surface area contributed by atoms with Crippen LogP contribution in [-0.2, 0) is 0 Å². The number of carbonyl (C=O) groups is 1. The number of aromatic nitrogens is 1. The second-order valence-corrected chi connectivity index (χ2v) is 4.93. The molecule has 1 fully saturated rings. The van der Waals surface area contributed by atoms with E-state index in [-0.39, 0.29) is 12.5 Å². The molecule has 0 aromatic carbocycles. The van der Waals surface area contributed by atoms with Crippen molar-refractivity contribution in [2.75, 3.05) is 13.2 Å². The van der Waals surface area contributed by atoms with Crippen molar-refractivity contribution in [1.82, 2.24) is 10.3 Å². The van der Waals surface area contributed by atoms with Gasteiger partial charge < -0.3 is 10.4 Å². The summed E-state index contributed by atoms with van der Waals surface area (Å²) in [6, 6.07) is 3.42. The lowest BCUT2D eigenvalue weighted by molar-refractivity contribution is 0.0909. The molecule has 0 saturated heterocycles. The number of hydrogen-bond acceptors (Lipinski definition) is 3. The van der Waals surface area contributed by atoms with Crippen LogP contribution in [0.25, 0.3) is 0 Å². The smallest absolute Gasteiger partial charge is 0.251 e. The number of aliphatic hydroxyl groups is 1. The zero-order chi connectivity index (χ0) is 12.8. The van der Waals surface area contributed by atoms with Gasteiger partial charge in [0.15, 0.2) is 0 Å². The molecule has 98 valence electrons. The highest BCUT2D eigenvalue weighted by Gasteiger charge is 2.24. The highest BCUT2D eigenvalue weighted by Crippen LogP contribution is 2.29. The summed E-state index contributed by atoms with van der Waals surface area (Å²) in [6.45, 7) is 0.891. The monoisotopic (exact) mass is 248 g/mol. The Hall–Kier alpha value is -1.42. The second-order valence-electron chi connectivity index (χ2n) is 4.93. The van der Waals surface area contributed by atoms with Gasteiger partial charge in [0.1, 0.15) is 0 Å². The average molecular weight is 248 g/mol. The minimum atomic E-state index is -0.0559. The summed E-state index contributed by atoms with van der Waals surface area (Å²) in [5.74, 6) is 0.700. The SMILES string of the molecule is O=C(NCC1CCCCC1CO)c1ccncc1. The fraction of sp³-hybridized carbons (Fsp3) is 0.571. The first-order valence-electron chi connectivity index (χ1n) is 6.60. The molecule has 1 aromatic heterocycles. The molecule has 1 amide bonds. The van der Waals surface area contributed by atoms with Crippen molar-refractivity contribution in [3.05, 3.63) is 30.1 Å². The molecule has 2 atom stereocenters. The van der Waals surface area contributed by atoms with Crippen molar-refractivity contribution in [2.45, 2.75) is 25.7 Å². The van der Waals surface area contributed by atoms with Gasteiger partial charge in [0.25, 0.3) is 5.91 Å². The van der Waals surface area contributed by atoms with Gasteiger partial charge in [-0.3, -0.25) is 9.78 Å². The Morgan fingerprint density at radius 2 is 1.94 bits per heavy atom. The molecule has 4 heteroatoms. The number of carbonyl (C=O) groups excluding carboxylic acids is 1. The van der Waals surface area contributed by atoms with Crippen LogP contribution in [0.1, 0.15) is 36.0 Å². The van der Waals surface area contributed by atoms with Gasteiger partial charge in [-0.2, -0.15) is 0 Å². The van der Waals surface area contributed by atoms with Gasteiger partial charge in [-0.05, 0) is 36.8 Å². The van der Waals surface area contributed by atoms with E-state index in [1.807, 2.05) is 0 Å². The molecular weight excluding hydrogens is 228 g/mol. The zero-order valence-electron chi connectivity index (χ0n) is 10.5. The van der Waals surface area contributed by atoms with Crippen molar-refractivity contribution in [2.24, 2.45) is 11.8 Å². The fourth-order valence-electron chi connectivity index (χ4n) is 2.62. The van der Waals surface area contributed by atoms with Crippen LogP contribution in [0.4, 0.5) is 0 Å². The highest BCUT2D eigenvalue weighted by atomic mass is 16.3. The summed E-state index contributed by atoms with van der Waals surface area (Å²) >= 11 is 0. The van der Waals surface area contributed by atoms with E-state index in [9.17, 15) is 9.90 Å². The molecule has 1 aliphatic carbocycles. The molecule has 1 heterocycles. The van der Waals surface area contributed by atoms with Crippen LogP contribution in [0.3, 0.4) is 0 Å². The third-order valence-electron chi connectivity index (χ3n) is 3.77. The fourth-order valence-corrected chi connectivity index (χ4v) is 2.62. The van der Waals surface area contributed by atoms with Crippen molar-refractivity contribution >= 4 is 5.91 Å². The molecule has 0 bridgehead atoms. The molecule has 1 saturated carbocycles. The third kappa shape index (κ3) is 3.29. The van der Waals surface area contributed by atoms with Gasteiger partial charge in [0.2, 0.25) is 0 Å². The topological polar surface area (TPSA) is 62.2 Å². The summed E-state index contributed by atoms with van der Waals surface area (Å²) in [4.78, 5) is 15.8. The minimum Gasteiger partial charge on any atom is -0.396 e. The van der Waals surface area contributed by atoms with Crippen LogP contribution >= 0.6 is 0 Å². The quantitative estimate of drug-likeness (QED) is 0.851. The summed E-state index contributed by atoms with van der Waals surface area (Å²) in [5, 5.41) is 12.3. The number of pyridine rings is 1. The van der Waals surface area contributed by atoms with Crippen LogP contribution in [0, 0.1) is 11.8 Å². The van der Waals surface area contributed by atoms with E-state index >= 15 is 0 Å². The van der Waals surface area contributed by atoms with Crippen LogP contribution in [-0.4, -0.2) is 29.1 Å². The van der Waals surface area contributed by atoms with Crippen LogP contribution in [0.15, 0.2) is 24.5 Å². The van der Waals surface area contributed by atoms with Gasteiger partial charge in [-0.1, -0.05) is 12.8 Å². The summed E-state index contributed by atoms with van der Waals surface area (Å²) in [5.41, 5.74) is 0.640. The predicted molar refractivity (Wildman–Crippen MR) is 69.1 cm³/mol. The molecule has 4 nitrogen and oxygen atoms in total. The first-order valence-corrected chi connectivity index (χ1v) is 6.60. The average Bonchev–Trinajstić information content (AvgIpc) is 2.46. The van der Waals surface area contributed by atoms with Gasteiger partial charge in [-0.25, -0.2) is 0 Å². The van der Waals surface area contributed by atoms with E-state index in [0.29, 0.717) is 23.9 Å². The Labute approximate surface area is 107 Å². The minimum absolute atomic E-state index is 0.0559. The number of amides is 1. The van der Waals surface area contributed by atoms with E-state index < -0.39 is 0 Å². The lowest BCUT2D eigenvalue weighted by Crippen LogP contribution is -2.35. The Bertz CT molecular complexity index is 381. The Kier molecular flexibility index (Phi) is 4.70. The molecule has 0 radical (unpaired) electrons. The van der Waals surface area contributed by atoms with Crippen LogP contribution < -0.4 is 5.32 Å². The molecule has 2 unspecified atom stereocenters. The van der Waals surface area contributed by atoms with E-state index in [4.69, 9.17) is 0 Å². The van der Waals surface area contributed by atoms with Crippen LogP contribution in [0.2, 0.25) is 0 Å². The number of nitrogens with zero attached hydrogens (tertiary/aromatic N) is 1. The van der Waals surface area contributed by atoms with E-state index in [1.54, 1.807) is 24.5 Å². The number of rotatable bonds is 4. The van der Waals surface area contributed by atoms with Gasteiger partial charge in [0, 0.05) is 31.1 Å². The first-order chi connectivity index (χ1) is 8.81. The third-order valence-corrected chi connectivity index (χ3v) is 3.77. The maximum atomic E-state index is 11.9. The maximum Gasteiger partial charge on any atom is 0.251 e. The number of aliphatic hydroxyl groups excluding tert-OH is 1. The maximum absolute atomic E-state index is 11.9. The standard InChI is InChI=1S/C14H20N2O2/c17-10-13-4-2-1-3-12(13)9-16-14(18)11-5-7-15-8-6-11/h5-8,12-13,17H,1-4,9-10H2,(H,16,18). The van der Waals surface area contributed by atoms with E-state index in [2.05, 4.69) is 10.3 Å². The molecular formula is C14H20N2O2. The molecule has 0 aliphatic heterocycles. The number of hydrogen-bond donors (Lipinski definition) is 2. The van der Waals surface area contributed by atoms with E-state index in [0.717, 1.165) is 12.8 Å². The summed E-state index contributed by atoms with van der Waals surface area (Å²) in [7, 11) is 0.